The number of benzene rings is 2. The summed E-state index contributed by atoms with van der Waals surface area (Å²) in [6.07, 6.45) is 2.09. The summed E-state index contributed by atoms with van der Waals surface area (Å²) >= 11 is 0. The lowest BCUT2D eigenvalue weighted by Crippen LogP contribution is -2.18. The van der Waals surface area contributed by atoms with E-state index in [1.807, 2.05) is 0 Å². The standard InChI is InChI=1S/C15H12N2O6S/c18-15(19)9-4-11-2-1-3-12(10-11)16-24(22,23)14-7-5-13(6-8-14)17(20)21/h1-10,16H,(H,18,19)/p-1. The maximum atomic E-state index is 12.3. The average Bonchev–Trinajstić information content (AvgIpc) is 2.53. The van der Waals surface area contributed by atoms with Gasteiger partial charge >= 0.3 is 0 Å². The molecule has 0 saturated carbocycles. The number of nitrogens with one attached hydrogen (secondary N) is 1. The molecule has 124 valence electrons. The highest BCUT2D eigenvalue weighted by atomic mass is 32.2. The van der Waals surface area contributed by atoms with Gasteiger partial charge in [-0.15, -0.1) is 0 Å². The number of carbonyl (C=O) groups excluding carboxylic acids is 1. The van der Waals surface area contributed by atoms with Gasteiger partial charge < -0.3 is 9.90 Å². The first-order valence-electron chi connectivity index (χ1n) is 6.54. The van der Waals surface area contributed by atoms with E-state index in [1.165, 1.54) is 18.2 Å². The summed E-state index contributed by atoms with van der Waals surface area (Å²) in [6, 6.07) is 10.5. The highest BCUT2D eigenvalue weighted by Crippen LogP contribution is 2.20. The predicted octanol–water partition coefficient (Wildman–Crippen LogP) is 1.16. The second kappa shape index (κ2) is 6.92. The van der Waals surface area contributed by atoms with Crippen LogP contribution in [0.5, 0.6) is 0 Å². The molecule has 0 aliphatic heterocycles. The number of sulfonamides is 1. The molecule has 0 radical (unpaired) electrons. The lowest BCUT2D eigenvalue weighted by Gasteiger charge is -2.08. The Balaban J connectivity index is 2.24. The summed E-state index contributed by atoms with van der Waals surface area (Å²) in [5, 5.41) is 21.0. The van der Waals surface area contributed by atoms with Crippen LogP contribution >= 0.6 is 0 Å². The highest BCUT2D eigenvalue weighted by Gasteiger charge is 2.16. The first-order valence-corrected chi connectivity index (χ1v) is 8.03. The molecule has 0 saturated heterocycles. The molecule has 0 fully saturated rings. The van der Waals surface area contributed by atoms with Crippen molar-refractivity contribution in [2.75, 3.05) is 4.72 Å². The monoisotopic (exact) mass is 347 g/mol. The summed E-state index contributed by atoms with van der Waals surface area (Å²) in [6.45, 7) is 0. The van der Waals surface area contributed by atoms with E-state index >= 15 is 0 Å². The van der Waals surface area contributed by atoms with Gasteiger partial charge in [0.05, 0.1) is 15.8 Å². The molecule has 0 atom stereocenters. The number of carboxylic acid groups (broad SMARTS) is 1. The van der Waals surface area contributed by atoms with Crippen LogP contribution in [0.3, 0.4) is 0 Å². The number of hydrogen-bond acceptors (Lipinski definition) is 6. The largest absolute Gasteiger partial charge is 0.545 e. The van der Waals surface area contributed by atoms with Crippen molar-refractivity contribution in [3.05, 3.63) is 70.3 Å². The van der Waals surface area contributed by atoms with E-state index in [-0.39, 0.29) is 16.3 Å². The number of carbonyl (C=O) groups is 1. The minimum Gasteiger partial charge on any atom is -0.545 e. The van der Waals surface area contributed by atoms with Gasteiger partial charge in [0.25, 0.3) is 15.7 Å². The Morgan fingerprint density at radius 2 is 1.79 bits per heavy atom. The third kappa shape index (κ3) is 4.40. The summed E-state index contributed by atoms with van der Waals surface area (Å²) in [7, 11) is -3.93. The zero-order chi connectivity index (χ0) is 17.7. The van der Waals surface area contributed by atoms with Crippen molar-refractivity contribution in [1.82, 2.24) is 0 Å². The molecule has 0 heterocycles. The zero-order valence-electron chi connectivity index (χ0n) is 12.1. The van der Waals surface area contributed by atoms with Crippen LogP contribution in [-0.2, 0) is 14.8 Å². The number of hydrogen-bond donors (Lipinski definition) is 1. The van der Waals surface area contributed by atoms with Gasteiger partial charge in [-0.3, -0.25) is 14.8 Å². The van der Waals surface area contributed by atoms with Gasteiger partial charge in [0.1, 0.15) is 0 Å². The normalized spacial score (nSPS) is 11.3. The molecule has 0 unspecified atom stereocenters. The number of nitro benzene ring substituents is 1. The molecule has 0 spiro atoms. The van der Waals surface area contributed by atoms with Gasteiger partial charge in [0.15, 0.2) is 0 Å². The van der Waals surface area contributed by atoms with Crippen molar-refractivity contribution in [3.63, 3.8) is 0 Å². The summed E-state index contributed by atoms with van der Waals surface area (Å²) in [4.78, 5) is 20.2. The van der Waals surface area contributed by atoms with Crippen LogP contribution in [0.2, 0.25) is 0 Å². The molecule has 0 bridgehead atoms. The van der Waals surface area contributed by atoms with Crippen LogP contribution < -0.4 is 9.83 Å². The maximum Gasteiger partial charge on any atom is 0.269 e. The van der Waals surface area contributed by atoms with Crippen LogP contribution in [0.4, 0.5) is 11.4 Å². The lowest BCUT2D eigenvalue weighted by molar-refractivity contribution is -0.384. The van der Waals surface area contributed by atoms with Crippen molar-refractivity contribution >= 4 is 33.4 Å². The first-order chi connectivity index (χ1) is 11.3. The van der Waals surface area contributed by atoms with E-state index in [4.69, 9.17) is 0 Å². The fraction of sp³-hybridized carbons (Fsp3) is 0. The molecule has 2 aromatic rings. The van der Waals surface area contributed by atoms with E-state index in [0.29, 0.717) is 5.56 Å². The summed E-state index contributed by atoms with van der Waals surface area (Å²) in [5.41, 5.74) is 0.459. The molecule has 0 aliphatic carbocycles. The molecule has 2 rings (SSSR count). The van der Waals surface area contributed by atoms with Crippen LogP contribution in [0.1, 0.15) is 5.56 Å². The molecule has 0 aliphatic rings. The molecular weight excluding hydrogens is 336 g/mol. The van der Waals surface area contributed by atoms with Gasteiger partial charge in [-0.1, -0.05) is 18.2 Å². The van der Waals surface area contributed by atoms with Crippen molar-refractivity contribution in [3.8, 4) is 0 Å². The Labute approximate surface area is 137 Å². The van der Waals surface area contributed by atoms with E-state index in [1.54, 1.807) is 12.1 Å². The SMILES string of the molecule is O=C([O-])C=Cc1cccc(NS(=O)(=O)c2ccc([N+](=O)[O-])cc2)c1. The minimum atomic E-state index is -3.93. The number of non-ortho nitro benzene ring substituents is 1. The van der Waals surface area contributed by atoms with E-state index in [0.717, 1.165) is 30.3 Å². The van der Waals surface area contributed by atoms with E-state index in [2.05, 4.69) is 4.72 Å². The minimum absolute atomic E-state index is 0.135. The Morgan fingerprint density at radius 3 is 2.38 bits per heavy atom. The zero-order valence-corrected chi connectivity index (χ0v) is 12.9. The number of nitro groups is 1. The topological polar surface area (TPSA) is 129 Å². The molecular formula is C15H11N2O6S-. The maximum absolute atomic E-state index is 12.3. The Morgan fingerprint density at radius 1 is 1.12 bits per heavy atom. The molecule has 0 aromatic heterocycles. The van der Waals surface area contributed by atoms with Crippen molar-refractivity contribution in [1.29, 1.82) is 0 Å². The van der Waals surface area contributed by atoms with Gasteiger partial charge in [-0.05, 0) is 35.9 Å². The smallest absolute Gasteiger partial charge is 0.269 e. The second-order valence-electron chi connectivity index (χ2n) is 4.63. The van der Waals surface area contributed by atoms with E-state index in [9.17, 15) is 28.4 Å². The Hall–Kier alpha value is -3.20. The number of nitrogens with zero attached hydrogens (tertiary/aromatic N) is 1. The number of aliphatic carboxylic acids is 1. The first kappa shape index (κ1) is 17.2. The summed E-state index contributed by atoms with van der Waals surface area (Å²) in [5.74, 6) is -1.37. The predicted molar refractivity (Wildman–Crippen MR) is 84.4 cm³/mol. The third-order valence-corrected chi connectivity index (χ3v) is 4.31. The third-order valence-electron chi connectivity index (χ3n) is 2.91. The average molecular weight is 347 g/mol. The van der Waals surface area contributed by atoms with Crippen molar-refractivity contribution in [2.24, 2.45) is 0 Å². The number of rotatable bonds is 6. The molecule has 1 N–H and O–H groups in total. The molecule has 9 heteroatoms. The molecule has 2 aromatic carbocycles. The van der Waals surface area contributed by atoms with Crippen LogP contribution in [-0.4, -0.2) is 19.3 Å². The van der Waals surface area contributed by atoms with Crippen LogP contribution in [0, 0.1) is 10.1 Å². The van der Waals surface area contributed by atoms with Crippen molar-refractivity contribution in [2.45, 2.75) is 4.90 Å². The van der Waals surface area contributed by atoms with Gasteiger partial charge in [-0.2, -0.15) is 0 Å². The second-order valence-corrected chi connectivity index (χ2v) is 6.32. The fourth-order valence-electron chi connectivity index (χ4n) is 1.83. The lowest BCUT2D eigenvalue weighted by atomic mass is 10.2. The van der Waals surface area contributed by atoms with Crippen molar-refractivity contribution < 1.29 is 23.2 Å². The van der Waals surface area contributed by atoms with Gasteiger partial charge in [0, 0.05) is 17.8 Å². The molecule has 24 heavy (non-hydrogen) atoms. The number of carboxylic acids is 1. The quantitative estimate of drug-likeness (QED) is 0.474. The molecule has 0 amide bonds. The fourth-order valence-corrected chi connectivity index (χ4v) is 2.88. The highest BCUT2D eigenvalue weighted by molar-refractivity contribution is 7.92. The summed E-state index contributed by atoms with van der Waals surface area (Å²) < 4.78 is 26.8. The molecule has 8 nitrogen and oxygen atoms in total. The van der Waals surface area contributed by atoms with Gasteiger partial charge in [-0.25, -0.2) is 8.42 Å². The number of anilines is 1. The Bertz CT molecular complexity index is 904. The van der Waals surface area contributed by atoms with Crippen LogP contribution in [0.25, 0.3) is 6.08 Å². The Kier molecular flexibility index (Phi) is 4.95. The van der Waals surface area contributed by atoms with Gasteiger partial charge in [0.2, 0.25) is 0 Å². The van der Waals surface area contributed by atoms with Crippen LogP contribution in [0.15, 0.2) is 59.5 Å². The van der Waals surface area contributed by atoms with E-state index < -0.39 is 20.9 Å².